The quantitative estimate of drug-likeness (QED) is 0.292. The zero-order valence-corrected chi connectivity index (χ0v) is 14.0. The van der Waals surface area contributed by atoms with Crippen LogP contribution in [0.15, 0.2) is 0 Å². The summed E-state index contributed by atoms with van der Waals surface area (Å²) < 4.78 is 0. The van der Waals surface area contributed by atoms with Crippen LogP contribution < -0.4 is 16.8 Å². The van der Waals surface area contributed by atoms with E-state index in [0.29, 0.717) is 32.2 Å². The maximum Gasteiger partial charge on any atom is 0.326 e. The van der Waals surface area contributed by atoms with Crippen LogP contribution in [0.2, 0.25) is 0 Å². The van der Waals surface area contributed by atoms with E-state index in [9.17, 15) is 24.3 Å². The number of nitrogens with two attached hydrogens (primary N) is 2. The van der Waals surface area contributed by atoms with Gasteiger partial charge in [0.1, 0.15) is 12.1 Å². The molecular formula is C15H26N4O6. The van der Waals surface area contributed by atoms with Gasteiger partial charge in [0.05, 0.1) is 12.5 Å². The number of carbonyl (C=O) groups excluding carboxylic acids is 2. The summed E-state index contributed by atoms with van der Waals surface area (Å²) in [5.41, 5.74) is 11.0. The molecule has 0 aromatic rings. The van der Waals surface area contributed by atoms with E-state index in [0.717, 1.165) is 0 Å². The van der Waals surface area contributed by atoms with Gasteiger partial charge in [0, 0.05) is 6.54 Å². The van der Waals surface area contributed by atoms with Crippen molar-refractivity contribution in [1.29, 1.82) is 0 Å². The normalized spacial score (nSPS) is 19.3. The molecule has 1 fully saturated rings. The van der Waals surface area contributed by atoms with Gasteiger partial charge in [0.25, 0.3) is 0 Å². The monoisotopic (exact) mass is 358 g/mol. The lowest BCUT2D eigenvalue weighted by Gasteiger charge is -2.27. The number of aliphatic carboxylic acids is 2. The number of hydrogen-bond donors (Lipinski definition) is 5. The van der Waals surface area contributed by atoms with Gasteiger partial charge in [-0.1, -0.05) is 0 Å². The molecule has 0 aromatic heterocycles. The largest absolute Gasteiger partial charge is 0.481 e. The highest BCUT2D eigenvalue weighted by Gasteiger charge is 2.37. The number of carboxylic acid groups (broad SMARTS) is 2. The second kappa shape index (κ2) is 9.94. The molecule has 7 N–H and O–H groups in total. The molecule has 0 saturated carbocycles. The Kier molecular flexibility index (Phi) is 8.29. The number of rotatable bonds is 10. The molecular weight excluding hydrogens is 332 g/mol. The summed E-state index contributed by atoms with van der Waals surface area (Å²) in [6.07, 6.45) is 1.88. The van der Waals surface area contributed by atoms with Crippen LogP contribution in [-0.2, 0) is 19.2 Å². The molecule has 0 radical (unpaired) electrons. The molecule has 1 saturated heterocycles. The Bertz CT molecular complexity index is 512. The van der Waals surface area contributed by atoms with Crippen molar-refractivity contribution in [2.75, 3.05) is 13.1 Å². The van der Waals surface area contributed by atoms with Crippen LogP contribution in [0.3, 0.4) is 0 Å². The minimum atomic E-state index is -1.23. The zero-order valence-electron chi connectivity index (χ0n) is 14.0. The number of amides is 2. The fourth-order valence-corrected chi connectivity index (χ4v) is 2.81. The molecule has 0 aliphatic carbocycles. The summed E-state index contributed by atoms with van der Waals surface area (Å²) >= 11 is 0. The Balaban J connectivity index is 2.69. The van der Waals surface area contributed by atoms with Crippen LogP contribution in [-0.4, -0.2) is 70.1 Å². The molecule has 1 aliphatic heterocycles. The summed E-state index contributed by atoms with van der Waals surface area (Å²) in [6.45, 7) is 0.724. The van der Waals surface area contributed by atoms with E-state index in [1.54, 1.807) is 0 Å². The van der Waals surface area contributed by atoms with E-state index in [-0.39, 0.29) is 13.0 Å². The van der Waals surface area contributed by atoms with Gasteiger partial charge in [0.2, 0.25) is 11.8 Å². The second-order valence-corrected chi connectivity index (χ2v) is 6.08. The van der Waals surface area contributed by atoms with Crippen molar-refractivity contribution in [2.45, 2.75) is 56.7 Å². The number of carboxylic acids is 2. The van der Waals surface area contributed by atoms with Crippen LogP contribution in [0.25, 0.3) is 0 Å². The SMILES string of the molecule is NCCCC[C@H](NC(=O)[C@@H]1CCCN1C(=O)[C@@H](N)CC(=O)O)C(=O)O. The molecule has 2 amide bonds. The molecule has 0 unspecified atom stereocenters. The first-order chi connectivity index (χ1) is 11.8. The van der Waals surface area contributed by atoms with Crippen molar-refractivity contribution < 1.29 is 29.4 Å². The fraction of sp³-hybridized carbons (Fsp3) is 0.733. The van der Waals surface area contributed by atoms with Gasteiger partial charge in [-0.25, -0.2) is 4.79 Å². The van der Waals surface area contributed by atoms with Crippen molar-refractivity contribution in [3.05, 3.63) is 0 Å². The van der Waals surface area contributed by atoms with E-state index in [4.69, 9.17) is 16.6 Å². The van der Waals surface area contributed by atoms with E-state index < -0.39 is 48.3 Å². The van der Waals surface area contributed by atoms with Gasteiger partial charge >= 0.3 is 11.9 Å². The number of likely N-dealkylation sites (tertiary alicyclic amines) is 1. The summed E-state index contributed by atoms with van der Waals surface area (Å²) in [5, 5.41) is 20.4. The molecule has 25 heavy (non-hydrogen) atoms. The molecule has 3 atom stereocenters. The molecule has 142 valence electrons. The van der Waals surface area contributed by atoms with Crippen molar-refractivity contribution in [1.82, 2.24) is 10.2 Å². The molecule has 10 nitrogen and oxygen atoms in total. The van der Waals surface area contributed by atoms with Gasteiger partial charge < -0.3 is 31.9 Å². The second-order valence-electron chi connectivity index (χ2n) is 6.08. The van der Waals surface area contributed by atoms with Crippen LogP contribution >= 0.6 is 0 Å². The Morgan fingerprint density at radius 2 is 1.88 bits per heavy atom. The van der Waals surface area contributed by atoms with Crippen molar-refractivity contribution >= 4 is 23.8 Å². The third kappa shape index (κ3) is 6.31. The van der Waals surface area contributed by atoms with Gasteiger partial charge in [-0.3, -0.25) is 14.4 Å². The standard InChI is InChI=1S/C15H26N4O6/c16-6-2-1-4-10(15(24)25)18-13(22)11-5-3-7-19(11)14(23)9(17)8-12(20)21/h9-11H,1-8,16-17H2,(H,18,22)(H,20,21)(H,24,25)/t9-,10-,11-/m0/s1. The maximum atomic E-state index is 12.4. The highest BCUT2D eigenvalue weighted by atomic mass is 16.4. The molecule has 0 bridgehead atoms. The third-order valence-corrected chi connectivity index (χ3v) is 4.11. The topological polar surface area (TPSA) is 176 Å². The van der Waals surface area contributed by atoms with Gasteiger partial charge in [0.15, 0.2) is 0 Å². The Hall–Kier alpha value is -2.20. The maximum absolute atomic E-state index is 12.4. The van der Waals surface area contributed by atoms with Gasteiger partial charge in [-0.15, -0.1) is 0 Å². The molecule has 0 aromatic carbocycles. The first-order valence-corrected chi connectivity index (χ1v) is 8.29. The first-order valence-electron chi connectivity index (χ1n) is 8.29. The first kappa shape index (κ1) is 20.8. The minimum absolute atomic E-state index is 0.247. The number of nitrogens with one attached hydrogen (secondary N) is 1. The number of carbonyl (C=O) groups is 4. The van der Waals surface area contributed by atoms with Crippen LogP contribution in [0.5, 0.6) is 0 Å². The molecule has 10 heteroatoms. The summed E-state index contributed by atoms with van der Waals surface area (Å²) in [7, 11) is 0. The molecule has 0 spiro atoms. The predicted molar refractivity (Wildman–Crippen MR) is 87.4 cm³/mol. The number of unbranched alkanes of at least 4 members (excludes halogenated alkanes) is 1. The van der Waals surface area contributed by atoms with Gasteiger partial charge in [-0.2, -0.15) is 0 Å². The van der Waals surface area contributed by atoms with Crippen molar-refractivity contribution in [3.8, 4) is 0 Å². The van der Waals surface area contributed by atoms with Crippen molar-refractivity contribution in [3.63, 3.8) is 0 Å². The summed E-state index contributed by atoms with van der Waals surface area (Å²) in [4.78, 5) is 47.9. The Labute approximate surface area is 145 Å². The lowest BCUT2D eigenvalue weighted by molar-refractivity contribution is -0.146. The molecule has 1 rings (SSSR count). The summed E-state index contributed by atoms with van der Waals surface area (Å²) in [5.74, 6) is -3.53. The van der Waals surface area contributed by atoms with E-state index in [2.05, 4.69) is 5.32 Å². The number of hydrogen-bond acceptors (Lipinski definition) is 6. The van der Waals surface area contributed by atoms with Gasteiger partial charge in [-0.05, 0) is 38.6 Å². The van der Waals surface area contributed by atoms with E-state index >= 15 is 0 Å². The highest BCUT2D eigenvalue weighted by molar-refractivity contribution is 5.93. The predicted octanol–water partition coefficient (Wildman–Crippen LogP) is -1.52. The van der Waals surface area contributed by atoms with E-state index in [1.165, 1.54) is 4.90 Å². The van der Waals surface area contributed by atoms with Crippen LogP contribution in [0, 0.1) is 0 Å². The smallest absolute Gasteiger partial charge is 0.326 e. The van der Waals surface area contributed by atoms with E-state index in [1.807, 2.05) is 0 Å². The van der Waals surface area contributed by atoms with Crippen molar-refractivity contribution in [2.24, 2.45) is 11.5 Å². The lowest BCUT2D eigenvalue weighted by atomic mass is 10.1. The average Bonchev–Trinajstić information content (AvgIpc) is 3.01. The summed E-state index contributed by atoms with van der Waals surface area (Å²) in [6, 6.07) is -3.11. The number of nitrogens with zero attached hydrogens (tertiary/aromatic N) is 1. The fourth-order valence-electron chi connectivity index (χ4n) is 2.81. The zero-order chi connectivity index (χ0) is 19.0. The third-order valence-electron chi connectivity index (χ3n) is 4.11. The molecule has 1 aliphatic rings. The Morgan fingerprint density at radius 3 is 2.44 bits per heavy atom. The minimum Gasteiger partial charge on any atom is -0.481 e. The average molecular weight is 358 g/mol. The lowest BCUT2D eigenvalue weighted by Crippen LogP contribution is -2.54. The molecule has 1 heterocycles. The van der Waals surface area contributed by atoms with Crippen LogP contribution in [0.4, 0.5) is 0 Å². The Morgan fingerprint density at radius 1 is 1.20 bits per heavy atom. The van der Waals surface area contributed by atoms with Crippen LogP contribution in [0.1, 0.15) is 38.5 Å². The highest BCUT2D eigenvalue weighted by Crippen LogP contribution is 2.19.